The lowest BCUT2D eigenvalue weighted by atomic mass is 10.1. The van der Waals surface area contributed by atoms with E-state index in [-0.39, 0.29) is 12.5 Å². The zero-order valence-electron chi connectivity index (χ0n) is 7.27. The van der Waals surface area contributed by atoms with Gasteiger partial charge in [-0.3, -0.25) is 4.79 Å². The van der Waals surface area contributed by atoms with Crippen LogP contribution in [0.25, 0.3) is 0 Å². The normalized spacial score (nSPS) is 12.7. The largest absolute Gasteiger partial charge is 0.481 e. The Morgan fingerprint density at radius 1 is 1.69 bits per heavy atom. The van der Waals surface area contributed by atoms with Crippen LogP contribution < -0.4 is 5.73 Å². The summed E-state index contributed by atoms with van der Waals surface area (Å²) in [5, 5.41) is 10.4. The van der Waals surface area contributed by atoms with Gasteiger partial charge in [0, 0.05) is 17.3 Å². The fraction of sp³-hybridized carbons (Fsp3) is 0.444. The average molecular weight is 199 g/mol. The zero-order valence-corrected chi connectivity index (χ0v) is 8.09. The standard InChI is InChI=1S/C9H13NO2S/c10-7(3-1-5-9(11)12)8-4-2-6-13-8/h2,4,6-7H,1,3,5,10H2,(H,11,12). The Bertz CT molecular complexity index is 259. The van der Waals surface area contributed by atoms with E-state index in [9.17, 15) is 4.79 Å². The quantitative estimate of drug-likeness (QED) is 0.762. The fourth-order valence-corrected chi connectivity index (χ4v) is 1.88. The summed E-state index contributed by atoms with van der Waals surface area (Å²) in [5.74, 6) is -0.752. The number of carboxylic acids is 1. The van der Waals surface area contributed by atoms with Gasteiger partial charge < -0.3 is 10.8 Å². The van der Waals surface area contributed by atoms with Crippen molar-refractivity contribution in [2.24, 2.45) is 5.73 Å². The topological polar surface area (TPSA) is 63.3 Å². The second kappa shape index (κ2) is 4.99. The van der Waals surface area contributed by atoms with E-state index in [0.717, 1.165) is 11.3 Å². The van der Waals surface area contributed by atoms with Gasteiger partial charge in [0.15, 0.2) is 0 Å². The van der Waals surface area contributed by atoms with Crippen LogP contribution in [0.4, 0.5) is 0 Å². The van der Waals surface area contributed by atoms with Gasteiger partial charge in [0.1, 0.15) is 0 Å². The Labute approximate surface area is 81.2 Å². The van der Waals surface area contributed by atoms with Crippen LogP contribution in [0.15, 0.2) is 17.5 Å². The highest BCUT2D eigenvalue weighted by Crippen LogP contribution is 2.21. The van der Waals surface area contributed by atoms with E-state index < -0.39 is 5.97 Å². The summed E-state index contributed by atoms with van der Waals surface area (Å²) < 4.78 is 0. The van der Waals surface area contributed by atoms with Gasteiger partial charge in [0.05, 0.1) is 0 Å². The van der Waals surface area contributed by atoms with Gasteiger partial charge in [-0.05, 0) is 24.3 Å². The Kier molecular flexibility index (Phi) is 3.92. The number of hydrogen-bond acceptors (Lipinski definition) is 3. The molecule has 3 nitrogen and oxygen atoms in total. The van der Waals surface area contributed by atoms with Crippen molar-refractivity contribution in [1.29, 1.82) is 0 Å². The number of rotatable bonds is 5. The molecule has 0 bridgehead atoms. The maximum absolute atomic E-state index is 10.2. The third-order valence-electron chi connectivity index (χ3n) is 1.81. The molecular weight excluding hydrogens is 186 g/mol. The monoisotopic (exact) mass is 199 g/mol. The average Bonchev–Trinajstić information content (AvgIpc) is 2.55. The van der Waals surface area contributed by atoms with Gasteiger partial charge in [-0.2, -0.15) is 0 Å². The molecule has 1 heterocycles. The van der Waals surface area contributed by atoms with Gasteiger partial charge in [-0.1, -0.05) is 6.07 Å². The smallest absolute Gasteiger partial charge is 0.303 e. The molecule has 0 fully saturated rings. The van der Waals surface area contributed by atoms with E-state index in [1.54, 1.807) is 11.3 Å². The summed E-state index contributed by atoms with van der Waals surface area (Å²) in [6.07, 6.45) is 1.60. The molecule has 0 aromatic carbocycles. The third-order valence-corrected chi connectivity index (χ3v) is 2.82. The van der Waals surface area contributed by atoms with E-state index in [2.05, 4.69) is 0 Å². The molecule has 13 heavy (non-hydrogen) atoms. The van der Waals surface area contributed by atoms with Crippen molar-refractivity contribution in [2.45, 2.75) is 25.3 Å². The summed E-state index contributed by atoms with van der Waals surface area (Å²) in [7, 11) is 0. The highest BCUT2D eigenvalue weighted by Gasteiger charge is 2.07. The highest BCUT2D eigenvalue weighted by molar-refractivity contribution is 7.10. The molecule has 0 aliphatic heterocycles. The van der Waals surface area contributed by atoms with E-state index in [4.69, 9.17) is 10.8 Å². The maximum Gasteiger partial charge on any atom is 0.303 e. The first-order valence-electron chi connectivity index (χ1n) is 4.21. The number of aliphatic carboxylic acids is 1. The van der Waals surface area contributed by atoms with Crippen molar-refractivity contribution in [2.75, 3.05) is 0 Å². The molecule has 0 saturated carbocycles. The molecular formula is C9H13NO2S. The van der Waals surface area contributed by atoms with Crippen molar-refractivity contribution >= 4 is 17.3 Å². The van der Waals surface area contributed by atoms with Crippen molar-refractivity contribution in [3.05, 3.63) is 22.4 Å². The number of carbonyl (C=O) groups is 1. The molecule has 0 saturated heterocycles. The summed E-state index contributed by atoms with van der Waals surface area (Å²) in [6.45, 7) is 0. The van der Waals surface area contributed by atoms with Crippen molar-refractivity contribution < 1.29 is 9.90 Å². The predicted octanol–water partition coefficient (Wildman–Crippen LogP) is 2.00. The fourth-order valence-electron chi connectivity index (χ4n) is 1.12. The van der Waals surface area contributed by atoms with Crippen LogP contribution in [-0.2, 0) is 4.79 Å². The summed E-state index contributed by atoms with van der Waals surface area (Å²) in [4.78, 5) is 11.4. The van der Waals surface area contributed by atoms with Crippen molar-refractivity contribution in [1.82, 2.24) is 0 Å². The second-order valence-corrected chi connectivity index (χ2v) is 3.89. The van der Waals surface area contributed by atoms with E-state index >= 15 is 0 Å². The third kappa shape index (κ3) is 3.57. The lowest BCUT2D eigenvalue weighted by molar-refractivity contribution is -0.137. The minimum Gasteiger partial charge on any atom is -0.481 e. The Morgan fingerprint density at radius 3 is 3.00 bits per heavy atom. The van der Waals surface area contributed by atoms with Gasteiger partial charge >= 0.3 is 5.97 Å². The molecule has 1 aromatic rings. The molecule has 1 aromatic heterocycles. The molecule has 0 spiro atoms. The first-order chi connectivity index (χ1) is 6.20. The summed E-state index contributed by atoms with van der Waals surface area (Å²) >= 11 is 1.62. The maximum atomic E-state index is 10.2. The Morgan fingerprint density at radius 2 is 2.46 bits per heavy atom. The van der Waals surface area contributed by atoms with E-state index in [1.165, 1.54) is 0 Å². The molecule has 0 aliphatic rings. The first kappa shape index (κ1) is 10.2. The SMILES string of the molecule is NC(CCCC(=O)O)c1cccs1. The Balaban J connectivity index is 2.26. The van der Waals surface area contributed by atoms with E-state index in [1.807, 2.05) is 17.5 Å². The van der Waals surface area contributed by atoms with Gasteiger partial charge in [0.2, 0.25) is 0 Å². The van der Waals surface area contributed by atoms with Crippen LogP contribution in [0.5, 0.6) is 0 Å². The zero-order chi connectivity index (χ0) is 9.68. The molecule has 1 atom stereocenters. The van der Waals surface area contributed by atoms with Crippen LogP contribution in [-0.4, -0.2) is 11.1 Å². The second-order valence-electron chi connectivity index (χ2n) is 2.91. The van der Waals surface area contributed by atoms with Crippen LogP contribution >= 0.6 is 11.3 Å². The van der Waals surface area contributed by atoms with Gasteiger partial charge in [-0.15, -0.1) is 11.3 Å². The molecule has 0 radical (unpaired) electrons. The van der Waals surface area contributed by atoms with Crippen LogP contribution in [0, 0.1) is 0 Å². The summed E-state index contributed by atoms with van der Waals surface area (Å²) in [6, 6.07) is 3.94. The van der Waals surface area contributed by atoms with Gasteiger partial charge in [-0.25, -0.2) is 0 Å². The number of nitrogens with two attached hydrogens (primary N) is 1. The molecule has 1 rings (SSSR count). The molecule has 0 aliphatic carbocycles. The first-order valence-corrected chi connectivity index (χ1v) is 5.09. The lowest BCUT2D eigenvalue weighted by Crippen LogP contribution is -2.09. The van der Waals surface area contributed by atoms with E-state index in [0.29, 0.717) is 6.42 Å². The summed E-state index contributed by atoms with van der Waals surface area (Å²) in [5.41, 5.74) is 5.84. The molecule has 72 valence electrons. The predicted molar refractivity (Wildman–Crippen MR) is 52.7 cm³/mol. The van der Waals surface area contributed by atoms with Crippen LogP contribution in [0.3, 0.4) is 0 Å². The Hall–Kier alpha value is -0.870. The van der Waals surface area contributed by atoms with Crippen molar-refractivity contribution in [3.8, 4) is 0 Å². The highest BCUT2D eigenvalue weighted by atomic mass is 32.1. The number of hydrogen-bond donors (Lipinski definition) is 2. The van der Waals surface area contributed by atoms with Crippen LogP contribution in [0.1, 0.15) is 30.2 Å². The molecule has 1 unspecified atom stereocenters. The van der Waals surface area contributed by atoms with Gasteiger partial charge in [0.25, 0.3) is 0 Å². The minimum absolute atomic E-state index is 0.000602. The van der Waals surface area contributed by atoms with Crippen molar-refractivity contribution in [3.63, 3.8) is 0 Å². The lowest BCUT2D eigenvalue weighted by Gasteiger charge is -2.07. The molecule has 0 amide bonds. The number of thiophene rings is 1. The van der Waals surface area contributed by atoms with Crippen LogP contribution in [0.2, 0.25) is 0 Å². The molecule has 3 N–H and O–H groups in total. The number of carboxylic acid groups (broad SMARTS) is 1. The minimum atomic E-state index is -0.752. The molecule has 4 heteroatoms.